The van der Waals surface area contributed by atoms with Crippen molar-refractivity contribution >= 4 is 21.8 Å². The molecule has 2 aromatic heterocycles. The van der Waals surface area contributed by atoms with E-state index >= 15 is 0 Å². The van der Waals surface area contributed by atoms with Crippen LogP contribution in [0.2, 0.25) is 0 Å². The van der Waals surface area contributed by atoms with E-state index in [1.165, 1.54) is 0 Å². The van der Waals surface area contributed by atoms with Gasteiger partial charge in [0.15, 0.2) is 0 Å². The van der Waals surface area contributed by atoms with Crippen LogP contribution >= 0.6 is 0 Å². The zero-order chi connectivity index (χ0) is 14.4. The molecule has 0 amide bonds. The van der Waals surface area contributed by atoms with Crippen LogP contribution in [0.1, 0.15) is 0 Å². The van der Waals surface area contributed by atoms with E-state index in [4.69, 9.17) is 0 Å². The van der Waals surface area contributed by atoms with Gasteiger partial charge in [-0.15, -0.1) is 0 Å². The highest BCUT2D eigenvalue weighted by Crippen LogP contribution is 2.31. The predicted molar refractivity (Wildman–Crippen MR) is 82.4 cm³/mol. The van der Waals surface area contributed by atoms with Gasteiger partial charge in [0.05, 0.1) is 11.2 Å². The van der Waals surface area contributed by atoms with Crippen molar-refractivity contribution in [1.82, 2.24) is 9.97 Å². The van der Waals surface area contributed by atoms with Crippen molar-refractivity contribution in [3.05, 3.63) is 54.7 Å². The van der Waals surface area contributed by atoms with Gasteiger partial charge in [0.25, 0.3) is 0 Å². The van der Waals surface area contributed by atoms with E-state index < -0.39 is 0 Å². The number of aromatic hydroxyl groups is 2. The molecule has 0 bridgehead atoms. The highest BCUT2D eigenvalue weighted by Gasteiger charge is 2.09. The minimum Gasteiger partial charge on any atom is -0.508 e. The number of aromatic nitrogens is 2. The number of rotatable bonds is 1. The first kappa shape index (κ1) is 11.8. The lowest BCUT2D eigenvalue weighted by molar-refractivity contribution is 0.475. The van der Waals surface area contributed by atoms with Crippen molar-refractivity contribution in [2.75, 3.05) is 0 Å². The maximum absolute atomic E-state index is 9.66. The number of benzene rings is 2. The van der Waals surface area contributed by atoms with Crippen molar-refractivity contribution in [2.45, 2.75) is 0 Å². The average molecular weight is 276 g/mol. The second-order valence-electron chi connectivity index (χ2n) is 5.01. The Hall–Kier alpha value is -3.01. The van der Waals surface area contributed by atoms with E-state index in [1.807, 2.05) is 24.4 Å². The summed E-state index contributed by atoms with van der Waals surface area (Å²) in [6.45, 7) is 0. The van der Waals surface area contributed by atoms with Crippen LogP contribution in [0.25, 0.3) is 33.1 Å². The third kappa shape index (κ3) is 1.89. The predicted octanol–water partition coefficient (Wildman–Crippen LogP) is 3.79. The summed E-state index contributed by atoms with van der Waals surface area (Å²) in [4.78, 5) is 7.81. The molecule has 0 saturated carbocycles. The number of H-pyrrole nitrogens is 1. The number of hydrogen-bond acceptors (Lipinski definition) is 3. The molecule has 0 aliphatic carbocycles. The zero-order valence-electron chi connectivity index (χ0n) is 11.0. The Kier molecular flexibility index (Phi) is 2.38. The van der Waals surface area contributed by atoms with E-state index in [9.17, 15) is 10.2 Å². The van der Waals surface area contributed by atoms with Crippen LogP contribution in [-0.2, 0) is 0 Å². The Bertz CT molecular complexity index is 973. The highest BCUT2D eigenvalue weighted by atomic mass is 16.3. The van der Waals surface area contributed by atoms with E-state index in [1.54, 1.807) is 30.3 Å². The lowest BCUT2D eigenvalue weighted by Crippen LogP contribution is -1.84. The van der Waals surface area contributed by atoms with Crippen LogP contribution in [0, 0.1) is 0 Å². The van der Waals surface area contributed by atoms with Crippen molar-refractivity contribution in [1.29, 1.82) is 0 Å². The van der Waals surface area contributed by atoms with Gasteiger partial charge in [0, 0.05) is 28.0 Å². The standard InChI is InChI=1S/C17H12N2O2/c20-11-2-5-15-10(7-11)1-4-17(19-15)14-9-18-16-6-3-12(21)8-13(14)16/h1-9,18,20-21H. The lowest BCUT2D eigenvalue weighted by atomic mass is 10.1. The number of pyridine rings is 1. The van der Waals surface area contributed by atoms with E-state index in [2.05, 4.69) is 9.97 Å². The Morgan fingerprint density at radius 2 is 1.67 bits per heavy atom. The fourth-order valence-electron chi connectivity index (χ4n) is 2.58. The molecule has 0 fully saturated rings. The summed E-state index contributed by atoms with van der Waals surface area (Å²) in [7, 11) is 0. The summed E-state index contributed by atoms with van der Waals surface area (Å²) in [6, 6.07) is 14.2. The molecule has 0 aliphatic heterocycles. The van der Waals surface area contributed by atoms with Gasteiger partial charge in [-0.25, -0.2) is 4.98 Å². The second-order valence-corrected chi connectivity index (χ2v) is 5.01. The Labute approximate surface area is 120 Å². The van der Waals surface area contributed by atoms with Crippen molar-refractivity contribution in [3.63, 3.8) is 0 Å². The molecule has 0 atom stereocenters. The molecule has 4 rings (SSSR count). The normalized spacial score (nSPS) is 11.2. The summed E-state index contributed by atoms with van der Waals surface area (Å²) in [5.41, 5.74) is 3.54. The molecule has 0 spiro atoms. The first-order valence-corrected chi connectivity index (χ1v) is 6.61. The van der Waals surface area contributed by atoms with Crippen molar-refractivity contribution < 1.29 is 10.2 Å². The Morgan fingerprint density at radius 3 is 2.57 bits per heavy atom. The number of phenolic OH excluding ortho intramolecular Hbond substituents is 2. The van der Waals surface area contributed by atoms with Gasteiger partial charge in [0.1, 0.15) is 11.5 Å². The molecule has 4 aromatic rings. The third-order valence-electron chi connectivity index (χ3n) is 3.61. The zero-order valence-corrected chi connectivity index (χ0v) is 11.0. The van der Waals surface area contributed by atoms with Crippen LogP contribution in [-0.4, -0.2) is 20.2 Å². The topological polar surface area (TPSA) is 69.1 Å². The van der Waals surface area contributed by atoms with Crippen LogP contribution < -0.4 is 0 Å². The quantitative estimate of drug-likeness (QED) is 0.495. The van der Waals surface area contributed by atoms with Crippen LogP contribution in [0.3, 0.4) is 0 Å². The molecule has 0 aliphatic rings. The Balaban J connectivity index is 1.95. The minimum absolute atomic E-state index is 0.231. The number of hydrogen-bond donors (Lipinski definition) is 3. The maximum Gasteiger partial charge on any atom is 0.116 e. The van der Waals surface area contributed by atoms with Crippen LogP contribution in [0.4, 0.5) is 0 Å². The number of aromatic amines is 1. The molecular weight excluding hydrogens is 264 g/mol. The van der Waals surface area contributed by atoms with Gasteiger partial charge in [-0.05, 0) is 42.5 Å². The minimum atomic E-state index is 0.231. The van der Waals surface area contributed by atoms with Gasteiger partial charge in [-0.2, -0.15) is 0 Å². The molecule has 4 nitrogen and oxygen atoms in total. The summed E-state index contributed by atoms with van der Waals surface area (Å²) in [6.07, 6.45) is 1.89. The smallest absolute Gasteiger partial charge is 0.116 e. The summed E-state index contributed by atoms with van der Waals surface area (Å²) in [5, 5.41) is 21.0. The fourth-order valence-corrected chi connectivity index (χ4v) is 2.58. The summed E-state index contributed by atoms with van der Waals surface area (Å²) >= 11 is 0. The van der Waals surface area contributed by atoms with Gasteiger partial charge in [0.2, 0.25) is 0 Å². The maximum atomic E-state index is 9.66. The first-order valence-electron chi connectivity index (χ1n) is 6.61. The van der Waals surface area contributed by atoms with Crippen molar-refractivity contribution in [2.24, 2.45) is 0 Å². The molecule has 4 heteroatoms. The average Bonchev–Trinajstić information content (AvgIpc) is 2.89. The number of fused-ring (bicyclic) bond motifs is 2. The van der Waals surface area contributed by atoms with Crippen LogP contribution in [0.15, 0.2) is 54.7 Å². The molecule has 2 heterocycles. The molecule has 21 heavy (non-hydrogen) atoms. The largest absolute Gasteiger partial charge is 0.508 e. The SMILES string of the molecule is Oc1ccc2nc(-c3c[nH]c4ccc(O)cc34)ccc2c1. The number of nitrogens with zero attached hydrogens (tertiary/aromatic N) is 1. The molecule has 0 unspecified atom stereocenters. The molecule has 3 N–H and O–H groups in total. The van der Waals surface area contributed by atoms with E-state index in [0.717, 1.165) is 33.1 Å². The number of phenols is 2. The molecule has 2 aromatic carbocycles. The molecule has 0 saturated heterocycles. The molecule has 102 valence electrons. The van der Waals surface area contributed by atoms with Gasteiger partial charge in [-0.1, -0.05) is 6.07 Å². The third-order valence-corrected chi connectivity index (χ3v) is 3.61. The van der Waals surface area contributed by atoms with Gasteiger partial charge < -0.3 is 15.2 Å². The lowest BCUT2D eigenvalue weighted by Gasteiger charge is -2.03. The van der Waals surface area contributed by atoms with Crippen molar-refractivity contribution in [3.8, 4) is 22.8 Å². The Morgan fingerprint density at radius 1 is 0.857 bits per heavy atom. The summed E-state index contributed by atoms with van der Waals surface area (Å²) < 4.78 is 0. The molecular formula is C17H12N2O2. The van der Waals surface area contributed by atoms with Gasteiger partial charge in [-0.3, -0.25) is 0 Å². The first-order chi connectivity index (χ1) is 10.2. The molecule has 0 radical (unpaired) electrons. The van der Waals surface area contributed by atoms with Crippen LogP contribution in [0.5, 0.6) is 11.5 Å². The van der Waals surface area contributed by atoms with E-state index in [0.29, 0.717) is 0 Å². The van der Waals surface area contributed by atoms with E-state index in [-0.39, 0.29) is 11.5 Å². The monoisotopic (exact) mass is 276 g/mol. The highest BCUT2D eigenvalue weighted by molar-refractivity contribution is 5.96. The number of nitrogens with one attached hydrogen (secondary N) is 1. The summed E-state index contributed by atoms with van der Waals surface area (Å²) in [5.74, 6) is 0.461. The van der Waals surface area contributed by atoms with Gasteiger partial charge >= 0.3 is 0 Å². The fraction of sp³-hybridized carbons (Fsp3) is 0. The second kappa shape index (κ2) is 4.24.